The summed E-state index contributed by atoms with van der Waals surface area (Å²) in [5, 5.41) is 0. The Balaban J connectivity index is 4.07. The van der Waals surface area contributed by atoms with Gasteiger partial charge >= 0.3 is 17.9 Å². The number of hydrogen-bond donors (Lipinski definition) is 0. The molecule has 0 aliphatic rings. The number of carbonyl (C=O) groups excluding carboxylic acids is 3. The van der Waals surface area contributed by atoms with Gasteiger partial charge in [0.2, 0.25) is 0 Å². The van der Waals surface area contributed by atoms with Gasteiger partial charge in [0, 0.05) is 19.3 Å². The van der Waals surface area contributed by atoms with Crippen molar-refractivity contribution in [2.75, 3.05) is 13.2 Å². The fourth-order valence-corrected chi connectivity index (χ4v) is 9.23. The second kappa shape index (κ2) is 64.9. The monoisotopic (exact) mass is 1070 g/mol. The number of carbonyl (C=O) groups is 3. The van der Waals surface area contributed by atoms with Gasteiger partial charge in [0.1, 0.15) is 13.2 Å². The number of rotatable bonds is 59. The van der Waals surface area contributed by atoms with E-state index in [9.17, 15) is 14.4 Å². The molecule has 0 aromatic carbocycles. The molecule has 0 rings (SSSR count). The predicted octanol–water partition coefficient (Wildman–Crippen LogP) is 22.4. The Morgan fingerprint density at radius 2 is 0.506 bits per heavy atom. The average Bonchev–Trinajstić information content (AvgIpc) is 3.43. The fourth-order valence-electron chi connectivity index (χ4n) is 9.23. The summed E-state index contributed by atoms with van der Waals surface area (Å²) in [4.78, 5) is 37.9. The van der Waals surface area contributed by atoms with E-state index >= 15 is 0 Å². The minimum absolute atomic E-state index is 0.0802. The lowest BCUT2D eigenvalue weighted by Crippen LogP contribution is -2.30. The van der Waals surface area contributed by atoms with Crippen LogP contribution in [0.25, 0.3) is 0 Å². The van der Waals surface area contributed by atoms with Gasteiger partial charge < -0.3 is 14.2 Å². The zero-order valence-electron chi connectivity index (χ0n) is 50.7. The van der Waals surface area contributed by atoms with E-state index in [-0.39, 0.29) is 31.1 Å². The Hall–Kier alpha value is -3.67. The van der Waals surface area contributed by atoms with E-state index in [4.69, 9.17) is 14.2 Å². The highest BCUT2D eigenvalue weighted by molar-refractivity contribution is 5.71. The lowest BCUT2D eigenvalue weighted by Gasteiger charge is -2.18. The minimum atomic E-state index is -0.779. The van der Waals surface area contributed by atoms with E-state index in [1.54, 1.807) is 0 Å². The van der Waals surface area contributed by atoms with Crippen molar-refractivity contribution in [3.63, 3.8) is 0 Å². The Bertz CT molecular complexity index is 1510. The standard InChI is InChI=1S/C71H122O6/c1-4-7-10-13-15-17-19-21-23-25-27-29-31-32-33-34-35-36-37-38-40-41-43-45-47-49-51-53-55-58-61-64-70(73)76-67-68(66-75-69(72)63-60-57-12-9-6-3)77-71(74)65-62-59-56-54-52-50-48-46-44-42-39-30-28-26-24-22-20-18-16-14-11-8-5-2/h7,10,15,17,21,23,27,29,32-33,35-36,38,40,43,45,68H,4-6,8-9,11-14,16,18-20,22,24-26,28,30-31,34,37,39,41-42,44,46-67H2,1-3H3/b10-7-,17-15-,23-21-,29-27-,33-32-,36-35-,40-38-,45-43-. The van der Waals surface area contributed by atoms with Crippen molar-refractivity contribution in [2.24, 2.45) is 0 Å². The van der Waals surface area contributed by atoms with Crippen molar-refractivity contribution in [3.05, 3.63) is 97.2 Å². The lowest BCUT2D eigenvalue weighted by atomic mass is 10.0. The molecule has 1 atom stereocenters. The molecule has 442 valence electrons. The molecule has 0 spiro atoms. The molecule has 1 unspecified atom stereocenters. The van der Waals surface area contributed by atoms with E-state index in [1.807, 2.05) is 0 Å². The van der Waals surface area contributed by atoms with Crippen LogP contribution in [-0.4, -0.2) is 37.2 Å². The first-order chi connectivity index (χ1) is 38.0. The molecule has 0 saturated heterocycles. The van der Waals surface area contributed by atoms with E-state index in [0.717, 1.165) is 128 Å². The van der Waals surface area contributed by atoms with Crippen molar-refractivity contribution < 1.29 is 28.6 Å². The van der Waals surface area contributed by atoms with Crippen molar-refractivity contribution in [3.8, 4) is 0 Å². The van der Waals surface area contributed by atoms with Gasteiger partial charge in [-0.15, -0.1) is 0 Å². The maximum atomic E-state index is 12.8. The summed E-state index contributed by atoms with van der Waals surface area (Å²) in [6, 6.07) is 0. The Morgan fingerprint density at radius 3 is 0.792 bits per heavy atom. The number of hydrogen-bond acceptors (Lipinski definition) is 6. The second-order valence-electron chi connectivity index (χ2n) is 21.7. The van der Waals surface area contributed by atoms with Crippen LogP contribution in [0.5, 0.6) is 0 Å². The lowest BCUT2D eigenvalue weighted by molar-refractivity contribution is -0.167. The molecule has 6 nitrogen and oxygen atoms in total. The highest BCUT2D eigenvalue weighted by atomic mass is 16.6. The largest absolute Gasteiger partial charge is 0.462 e. The normalized spacial score (nSPS) is 12.7. The van der Waals surface area contributed by atoms with Gasteiger partial charge in [0.25, 0.3) is 0 Å². The van der Waals surface area contributed by atoms with Crippen LogP contribution >= 0.6 is 0 Å². The van der Waals surface area contributed by atoms with E-state index in [0.29, 0.717) is 19.3 Å². The molecule has 0 aromatic rings. The first kappa shape index (κ1) is 73.3. The van der Waals surface area contributed by atoms with Crippen molar-refractivity contribution in [1.29, 1.82) is 0 Å². The van der Waals surface area contributed by atoms with Crippen LogP contribution in [0.4, 0.5) is 0 Å². The van der Waals surface area contributed by atoms with Gasteiger partial charge in [-0.3, -0.25) is 14.4 Å². The summed E-state index contributed by atoms with van der Waals surface area (Å²) < 4.78 is 16.8. The van der Waals surface area contributed by atoms with E-state index < -0.39 is 6.10 Å². The van der Waals surface area contributed by atoms with Crippen LogP contribution in [0.15, 0.2) is 97.2 Å². The first-order valence-electron chi connectivity index (χ1n) is 32.7. The molecular weight excluding hydrogens is 949 g/mol. The van der Waals surface area contributed by atoms with Gasteiger partial charge in [-0.2, -0.15) is 0 Å². The molecule has 6 heteroatoms. The summed E-state index contributed by atoms with van der Waals surface area (Å²) in [6.45, 7) is 6.46. The Morgan fingerprint density at radius 1 is 0.273 bits per heavy atom. The smallest absolute Gasteiger partial charge is 0.306 e. The van der Waals surface area contributed by atoms with Crippen LogP contribution in [0.1, 0.15) is 316 Å². The molecule has 0 aromatic heterocycles. The highest BCUT2D eigenvalue weighted by Crippen LogP contribution is 2.17. The Labute approximate surface area is 477 Å². The molecular formula is C71H122O6. The number of ether oxygens (including phenoxy) is 3. The third-order valence-corrected chi connectivity index (χ3v) is 14.1. The molecule has 0 fully saturated rings. The zero-order valence-corrected chi connectivity index (χ0v) is 50.7. The van der Waals surface area contributed by atoms with Crippen LogP contribution in [-0.2, 0) is 28.6 Å². The van der Waals surface area contributed by atoms with Crippen molar-refractivity contribution in [2.45, 2.75) is 322 Å². The molecule has 0 aliphatic heterocycles. The summed E-state index contributed by atoms with van der Waals surface area (Å²) in [5.41, 5.74) is 0. The quantitative estimate of drug-likeness (QED) is 0.0261. The molecule has 0 bridgehead atoms. The van der Waals surface area contributed by atoms with Crippen LogP contribution < -0.4 is 0 Å². The number of esters is 3. The third kappa shape index (κ3) is 63.0. The molecule has 77 heavy (non-hydrogen) atoms. The zero-order chi connectivity index (χ0) is 55.7. The molecule has 0 heterocycles. The summed E-state index contributed by atoms with van der Waals surface area (Å²) >= 11 is 0. The van der Waals surface area contributed by atoms with Crippen LogP contribution in [0, 0.1) is 0 Å². The molecule has 0 aliphatic carbocycles. The number of unbranched alkanes of at least 4 members (excludes halogenated alkanes) is 32. The van der Waals surface area contributed by atoms with E-state index in [1.165, 1.54) is 148 Å². The molecule has 0 amide bonds. The maximum absolute atomic E-state index is 12.8. The van der Waals surface area contributed by atoms with Gasteiger partial charge in [-0.25, -0.2) is 0 Å². The summed E-state index contributed by atoms with van der Waals surface area (Å²) in [7, 11) is 0. The highest BCUT2D eigenvalue weighted by Gasteiger charge is 2.19. The molecule has 0 radical (unpaired) electrons. The first-order valence-corrected chi connectivity index (χ1v) is 32.7. The molecule has 0 saturated carbocycles. The summed E-state index contributed by atoms with van der Waals surface area (Å²) in [6.07, 6.45) is 87.6. The van der Waals surface area contributed by atoms with Gasteiger partial charge in [-0.1, -0.05) is 311 Å². The van der Waals surface area contributed by atoms with Gasteiger partial charge in [-0.05, 0) is 83.5 Å². The maximum Gasteiger partial charge on any atom is 0.306 e. The van der Waals surface area contributed by atoms with Crippen LogP contribution in [0.3, 0.4) is 0 Å². The second-order valence-corrected chi connectivity index (χ2v) is 21.7. The van der Waals surface area contributed by atoms with Gasteiger partial charge in [0.05, 0.1) is 0 Å². The van der Waals surface area contributed by atoms with Crippen LogP contribution in [0.2, 0.25) is 0 Å². The van der Waals surface area contributed by atoms with E-state index in [2.05, 4.69) is 118 Å². The average molecular weight is 1070 g/mol. The van der Waals surface area contributed by atoms with Gasteiger partial charge in [0.15, 0.2) is 6.10 Å². The topological polar surface area (TPSA) is 78.9 Å². The summed E-state index contributed by atoms with van der Waals surface area (Å²) in [5.74, 6) is -0.898. The molecule has 0 N–H and O–H groups in total. The number of allylic oxidation sites excluding steroid dienone is 16. The Kier molecular flexibility index (Phi) is 61.8. The predicted molar refractivity (Wildman–Crippen MR) is 334 cm³/mol. The third-order valence-electron chi connectivity index (χ3n) is 14.1. The van der Waals surface area contributed by atoms with Crippen molar-refractivity contribution in [1.82, 2.24) is 0 Å². The minimum Gasteiger partial charge on any atom is -0.462 e. The van der Waals surface area contributed by atoms with Crippen molar-refractivity contribution >= 4 is 17.9 Å². The SMILES string of the molecule is CC/C=C\C/C=C\C/C=C\C/C=C\C/C=C\C/C=C\C/C=C\C/C=C\CCCCCCCCC(=O)OCC(COC(=O)CCCCCCC)OC(=O)CCCCCCCCCCCCCCCCCCCCCCCCC. The fraction of sp³-hybridized carbons (Fsp3) is 0.732.